The molecule has 0 amide bonds. The summed E-state index contributed by atoms with van der Waals surface area (Å²) in [7, 11) is 0. The summed E-state index contributed by atoms with van der Waals surface area (Å²) in [5, 5.41) is 21.2. The third-order valence-corrected chi connectivity index (χ3v) is 3.40. The average Bonchev–Trinajstić information content (AvgIpc) is 2.94. The van der Waals surface area contributed by atoms with Gasteiger partial charge in [0.05, 0.1) is 4.92 Å². The van der Waals surface area contributed by atoms with Crippen LogP contribution in [0.5, 0.6) is 0 Å². The lowest BCUT2D eigenvalue weighted by molar-refractivity contribution is -0.380. The first-order chi connectivity index (χ1) is 9.61. The summed E-state index contributed by atoms with van der Waals surface area (Å²) >= 11 is 0.953. The van der Waals surface area contributed by atoms with Gasteiger partial charge in [-0.1, -0.05) is 41.7 Å². The topological polar surface area (TPSA) is 84.0 Å². The Labute approximate surface area is 118 Å². The number of hydrogen-bond acceptors (Lipinski definition) is 5. The highest BCUT2D eigenvalue weighted by Gasteiger charge is 2.14. The maximum absolute atomic E-state index is 12.1. The van der Waals surface area contributed by atoms with Crippen molar-refractivity contribution in [1.29, 1.82) is 5.26 Å². The van der Waals surface area contributed by atoms with Crippen LogP contribution in [-0.4, -0.2) is 10.7 Å². The molecule has 0 atom stereocenters. The molecule has 20 heavy (non-hydrogen) atoms. The van der Waals surface area contributed by atoms with Crippen molar-refractivity contribution in [2.24, 2.45) is 0 Å². The Morgan fingerprint density at radius 3 is 2.60 bits per heavy atom. The van der Waals surface area contributed by atoms with Crippen LogP contribution in [0.2, 0.25) is 0 Å². The zero-order valence-electron chi connectivity index (χ0n) is 10.1. The number of nitrogens with zero attached hydrogens (tertiary/aromatic N) is 2. The smallest absolute Gasteiger partial charge is 0.288 e. The molecular formula is C14H8N2O3S. The zero-order chi connectivity index (χ0) is 14.5. The normalized spacial score (nSPS) is 10.8. The van der Waals surface area contributed by atoms with E-state index in [0.717, 1.165) is 11.3 Å². The summed E-state index contributed by atoms with van der Waals surface area (Å²) in [6, 6.07) is 11.6. The first-order valence-electron chi connectivity index (χ1n) is 5.56. The Balaban J connectivity index is 2.32. The van der Waals surface area contributed by atoms with Gasteiger partial charge in [-0.2, -0.15) is 5.26 Å². The van der Waals surface area contributed by atoms with Gasteiger partial charge in [0, 0.05) is 17.0 Å². The second-order valence-corrected chi connectivity index (χ2v) is 4.73. The second-order valence-electron chi connectivity index (χ2n) is 3.84. The van der Waals surface area contributed by atoms with Crippen molar-refractivity contribution < 1.29 is 9.72 Å². The Morgan fingerprint density at radius 2 is 2.05 bits per heavy atom. The van der Waals surface area contributed by atoms with Crippen LogP contribution in [0, 0.1) is 21.4 Å². The number of ketones is 1. The van der Waals surface area contributed by atoms with Crippen molar-refractivity contribution in [2.75, 3.05) is 0 Å². The molecule has 0 aliphatic rings. The fraction of sp³-hybridized carbons (Fsp3) is 0. The molecule has 0 bridgehead atoms. The number of allylic oxidation sites excluding steroid dienone is 1. The van der Waals surface area contributed by atoms with Gasteiger partial charge in [-0.25, -0.2) is 0 Å². The second kappa shape index (κ2) is 5.91. The lowest BCUT2D eigenvalue weighted by Crippen LogP contribution is -2.01. The van der Waals surface area contributed by atoms with Gasteiger partial charge >= 0.3 is 5.00 Å². The lowest BCUT2D eigenvalue weighted by atomic mass is 10.0. The van der Waals surface area contributed by atoms with Crippen molar-refractivity contribution in [3.63, 3.8) is 0 Å². The maximum atomic E-state index is 12.1. The van der Waals surface area contributed by atoms with Crippen LogP contribution >= 0.6 is 11.3 Å². The SMILES string of the molecule is N#C/C(=C/c1csc([N+](=O)[O-])c1)C(=O)c1ccccc1. The van der Waals surface area contributed by atoms with Crippen LogP contribution in [0.15, 0.2) is 47.4 Å². The summed E-state index contributed by atoms with van der Waals surface area (Å²) in [4.78, 5) is 22.2. The average molecular weight is 284 g/mol. The molecule has 0 aliphatic carbocycles. The van der Waals surface area contributed by atoms with E-state index >= 15 is 0 Å². The van der Waals surface area contributed by atoms with Crippen LogP contribution in [0.25, 0.3) is 6.08 Å². The van der Waals surface area contributed by atoms with Gasteiger partial charge in [0.25, 0.3) is 0 Å². The molecule has 98 valence electrons. The van der Waals surface area contributed by atoms with Gasteiger partial charge < -0.3 is 0 Å². The number of nitriles is 1. The van der Waals surface area contributed by atoms with Gasteiger partial charge in [0.2, 0.25) is 5.78 Å². The van der Waals surface area contributed by atoms with Crippen LogP contribution < -0.4 is 0 Å². The Morgan fingerprint density at radius 1 is 1.35 bits per heavy atom. The van der Waals surface area contributed by atoms with E-state index in [0.29, 0.717) is 11.1 Å². The Bertz CT molecular complexity index is 726. The number of rotatable bonds is 4. The highest BCUT2D eigenvalue weighted by Crippen LogP contribution is 2.24. The van der Waals surface area contributed by atoms with E-state index < -0.39 is 10.7 Å². The molecule has 0 saturated heterocycles. The molecule has 0 radical (unpaired) electrons. The molecule has 2 rings (SSSR count). The van der Waals surface area contributed by atoms with E-state index in [1.54, 1.807) is 30.3 Å². The van der Waals surface area contributed by atoms with Crippen LogP contribution in [0.1, 0.15) is 15.9 Å². The summed E-state index contributed by atoms with van der Waals surface area (Å²) in [6.07, 6.45) is 1.36. The standard InChI is InChI=1S/C14H8N2O3S/c15-8-12(14(17)11-4-2-1-3-5-11)6-10-7-13(16(18)19)20-9-10/h1-7,9H/b12-6-. The van der Waals surface area contributed by atoms with E-state index in [9.17, 15) is 14.9 Å². The van der Waals surface area contributed by atoms with Crippen molar-refractivity contribution in [1.82, 2.24) is 0 Å². The maximum Gasteiger partial charge on any atom is 0.324 e. The number of carbonyl (C=O) groups is 1. The van der Waals surface area contributed by atoms with Crippen LogP contribution in [0.4, 0.5) is 5.00 Å². The van der Waals surface area contributed by atoms with E-state index in [4.69, 9.17) is 5.26 Å². The third-order valence-electron chi connectivity index (χ3n) is 2.50. The van der Waals surface area contributed by atoms with Crippen molar-refractivity contribution in [2.45, 2.75) is 0 Å². The number of nitro groups is 1. The minimum Gasteiger partial charge on any atom is -0.288 e. The fourth-order valence-electron chi connectivity index (χ4n) is 1.57. The van der Waals surface area contributed by atoms with E-state index in [1.165, 1.54) is 17.5 Å². The number of hydrogen-bond donors (Lipinski definition) is 0. The largest absolute Gasteiger partial charge is 0.324 e. The molecule has 1 aromatic heterocycles. The predicted octanol–water partition coefficient (Wildman–Crippen LogP) is 3.45. The monoisotopic (exact) mass is 284 g/mol. The molecule has 6 heteroatoms. The Kier molecular flexibility index (Phi) is 4.03. The molecule has 0 spiro atoms. The summed E-state index contributed by atoms with van der Waals surface area (Å²) < 4.78 is 0. The van der Waals surface area contributed by atoms with Crippen molar-refractivity contribution in [3.8, 4) is 6.07 Å². The zero-order valence-corrected chi connectivity index (χ0v) is 11.0. The first-order valence-corrected chi connectivity index (χ1v) is 6.44. The summed E-state index contributed by atoms with van der Waals surface area (Å²) in [5.41, 5.74) is 0.830. The number of benzene rings is 1. The van der Waals surface area contributed by atoms with Gasteiger partial charge in [0.1, 0.15) is 11.6 Å². The molecule has 0 saturated carbocycles. The molecule has 2 aromatic rings. The Hall–Kier alpha value is -2.78. The van der Waals surface area contributed by atoms with E-state index in [1.807, 2.05) is 6.07 Å². The number of thiophene rings is 1. The summed E-state index contributed by atoms with van der Waals surface area (Å²) in [5.74, 6) is -0.401. The predicted molar refractivity (Wildman–Crippen MR) is 75.3 cm³/mol. The van der Waals surface area contributed by atoms with Gasteiger partial charge in [-0.3, -0.25) is 14.9 Å². The molecule has 0 fully saturated rings. The quantitative estimate of drug-likeness (QED) is 0.283. The molecule has 0 aliphatic heterocycles. The highest BCUT2D eigenvalue weighted by atomic mass is 32.1. The molecule has 0 unspecified atom stereocenters. The minimum atomic E-state index is -0.507. The molecule has 1 heterocycles. The van der Waals surface area contributed by atoms with Crippen molar-refractivity contribution in [3.05, 3.63) is 68.6 Å². The van der Waals surface area contributed by atoms with Crippen LogP contribution in [0.3, 0.4) is 0 Å². The number of Topliss-reactive ketones (excluding diaryl/α,β-unsaturated/α-hetero) is 1. The molecule has 1 aromatic carbocycles. The van der Waals surface area contributed by atoms with E-state index in [2.05, 4.69) is 0 Å². The van der Waals surface area contributed by atoms with E-state index in [-0.39, 0.29) is 10.6 Å². The number of carbonyl (C=O) groups excluding carboxylic acids is 1. The fourth-order valence-corrected chi connectivity index (χ4v) is 2.25. The molecule has 0 N–H and O–H groups in total. The van der Waals surface area contributed by atoms with Gasteiger partial charge in [0.15, 0.2) is 0 Å². The van der Waals surface area contributed by atoms with Gasteiger partial charge in [-0.05, 0) is 11.6 Å². The summed E-state index contributed by atoms with van der Waals surface area (Å²) in [6.45, 7) is 0. The third kappa shape index (κ3) is 2.96. The highest BCUT2D eigenvalue weighted by molar-refractivity contribution is 7.13. The minimum absolute atomic E-state index is 0.0271. The first kappa shape index (κ1) is 13.6. The van der Waals surface area contributed by atoms with Crippen molar-refractivity contribution >= 4 is 28.2 Å². The molecule has 5 nitrogen and oxygen atoms in total. The van der Waals surface area contributed by atoms with Gasteiger partial charge in [-0.15, -0.1) is 0 Å². The molecular weight excluding hydrogens is 276 g/mol. The van der Waals surface area contributed by atoms with Crippen LogP contribution in [-0.2, 0) is 0 Å². The lowest BCUT2D eigenvalue weighted by Gasteiger charge is -1.97.